The van der Waals surface area contributed by atoms with Gasteiger partial charge in [-0.25, -0.2) is 0 Å². The van der Waals surface area contributed by atoms with Gasteiger partial charge >= 0.3 is 0 Å². The van der Waals surface area contributed by atoms with Crippen LogP contribution in [0.15, 0.2) is 35.7 Å². The van der Waals surface area contributed by atoms with E-state index in [1.807, 2.05) is 42.6 Å². The Bertz CT molecular complexity index is 698. The van der Waals surface area contributed by atoms with Crippen molar-refractivity contribution in [1.82, 2.24) is 5.32 Å². The third-order valence-corrected chi connectivity index (χ3v) is 4.45. The number of ether oxygens (including phenoxy) is 1. The van der Waals surface area contributed by atoms with Crippen molar-refractivity contribution in [2.24, 2.45) is 0 Å². The zero-order chi connectivity index (χ0) is 17.5. The van der Waals surface area contributed by atoms with Gasteiger partial charge in [-0.05, 0) is 36.1 Å². The maximum Gasteiger partial charge on any atom is 0.225 e. The number of amides is 2. The first kappa shape index (κ1) is 18.0. The van der Waals surface area contributed by atoms with Gasteiger partial charge in [-0.3, -0.25) is 9.59 Å². The highest BCUT2D eigenvalue weighted by atomic mass is 32.1. The minimum absolute atomic E-state index is 0.0443. The summed E-state index contributed by atoms with van der Waals surface area (Å²) in [5, 5.41) is 4.81. The highest BCUT2D eigenvalue weighted by Crippen LogP contribution is 2.29. The van der Waals surface area contributed by atoms with Gasteiger partial charge in [0.1, 0.15) is 5.75 Å². The lowest BCUT2D eigenvalue weighted by molar-refractivity contribution is -0.120. The molecular weight excluding hydrogens is 324 g/mol. The number of carbonyl (C=O) groups is 2. The largest absolute Gasteiger partial charge is 0.495 e. The van der Waals surface area contributed by atoms with Crippen LogP contribution in [0.5, 0.6) is 5.75 Å². The predicted molar refractivity (Wildman–Crippen MR) is 96.8 cm³/mol. The molecule has 0 aliphatic rings. The quantitative estimate of drug-likeness (QED) is 0.839. The first-order chi connectivity index (χ1) is 11.5. The van der Waals surface area contributed by atoms with Gasteiger partial charge in [-0.2, -0.15) is 0 Å². The Hall–Kier alpha value is -2.34. The molecular formula is C18H22N2O3S. The summed E-state index contributed by atoms with van der Waals surface area (Å²) >= 11 is 1.56. The van der Waals surface area contributed by atoms with Crippen LogP contribution >= 0.6 is 11.3 Å². The number of nitrogens with one attached hydrogen (secondary N) is 1. The van der Waals surface area contributed by atoms with Crippen molar-refractivity contribution in [1.29, 1.82) is 0 Å². The molecule has 6 heteroatoms. The molecule has 2 rings (SSSR count). The van der Waals surface area contributed by atoms with Crippen molar-refractivity contribution in [2.75, 3.05) is 25.1 Å². The molecule has 2 amide bonds. The Balaban J connectivity index is 1.98. The third-order valence-electron chi connectivity index (χ3n) is 3.58. The van der Waals surface area contributed by atoms with Crippen LogP contribution < -0.4 is 15.0 Å². The summed E-state index contributed by atoms with van der Waals surface area (Å²) in [6.45, 7) is 4.26. The summed E-state index contributed by atoms with van der Waals surface area (Å²) in [7, 11) is 1.58. The summed E-state index contributed by atoms with van der Waals surface area (Å²) in [6.07, 6.45) is 0.367. The predicted octanol–water partition coefficient (Wildman–Crippen LogP) is 2.78. The number of hydrogen-bond donors (Lipinski definition) is 1. The normalized spacial score (nSPS) is 10.3. The first-order valence-electron chi connectivity index (χ1n) is 7.73. The second kappa shape index (κ2) is 8.49. The minimum atomic E-state index is -0.0913. The molecule has 24 heavy (non-hydrogen) atoms. The fourth-order valence-corrected chi connectivity index (χ4v) is 3.10. The van der Waals surface area contributed by atoms with Crippen molar-refractivity contribution < 1.29 is 14.3 Å². The third kappa shape index (κ3) is 4.83. The first-order valence-corrected chi connectivity index (χ1v) is 8.61. The van der Waals surface area contributed by atoms with Crippen LogP contribution in [0.1, 0.15) is 17.4 Å². The SMILES string of the molecule is COc1ccc(C)cc1N(CCNC(=O)Cc1cccs1)C(C)=O. The Morgan fingerprint density at radius 2 is 2.08 bits per heavy atom. The lowest BCUT2D eigenvalue weighted by Gasteiger charge is -2.24. The Morgan fingerprint density at radius 1 is 1.29 bits per heavy atom. The molecule has 0 atom stereocenters. The smallest absolute Gasteiger partial charge is 0.225 e. The highest BCUT2D eigenvalue weighted by molar-refractivity contribution is 7.10. The van der Waals surface area contributed by atoms with Crippen LogP contribution in [0.2, 0.25) is 0 Å². The molecule has 0 radical (unpaired) electrons. The number of benzene rings is 1. The molecule has 1 aromatic carbocycles. The number of anilines is 1. The number of methoxy groups -OCH3 is 1. The average Bonchev–Trinajstić information content (AvgIpc) is 3.04. The van der Waals surface area contributed by atoms with E-state index < -0.39 is 0 Å². The van der Waals surface area contributed by atoms with E-state index in [2.05, 4.69) is 5.32 Å². The summed E-state index contributed by atoms with van der Waals surface area (Å²) in [5.41, 5.74) is 1.76. The second-order valence-corrected chi connectivity index (χ2v) is 6.48. The molecule has 128 valence electrons. The van der Waals surface area contributed by atoms with Crippen LogP contribution in [-0.4, -0.2) is 32.0 Å². The second-order valence-electron chi connectivity index (χ2n) is 5.45. The van der Waals surface area contributed by atoms with E-state index in [9.17, 15) is 9.59 Å². The molecule has 0 spiro atoms. The summed E-state index contributed by atoms with van der Waals surface area (Å²) in [5.74, 6) is 0.504. The Labute approximate surface area is 146 Å². The van der Waals surface area contributed by atoms with Gasteiger partial charge in [0.15, 0.2) is 0 Å². The van der Waals surface area contributed by atoms with Gasteiger partial charge in [0, 0.05) is 24.9 Å². The fourth-order valence-electron chi connectivity index (χ4n) is 2.40. The molecule has 1 N–H and O–H groups in total. The zero-order valence-electron chi connectivity index (χ0n) is 14.2. The van der Waals surface area contributed by atoms with Gasteiger partial charge in [0.2, 0.25) is 11.8 Å². The molecule has 0 unspecified atom stereocenters. The van der Waals surface area contributed by atoms with Crippen LogP contribution in [0.25, 0.3) is 0 Å². The standard InChI is InChI=1S/C18H22N2O3S/c1-13-6-7-17(23-3)16(11-13)20(14(2)21)9-8-19-18(22)12-15-5-4-10-24-15/h4-7,10-11H,8-9,12H2,1-3H3,(H,19,22). The monoisotopic (exact) mass is 346 g/mol. The molecule has 0 saturated heterocycles. The van der Waals surface area contributed by atoms with Crippen LogP contribution in [0, 0.1) is 6.92 Å². The Morgan fingerprint density at radius 3 is 2.71 bits per heavy atom. The van der Waals surface area contributed by atoms with E-state index in [1.165, 1.54) is 6.92 Å². The molecule has 0 aliphatic carbocycles. The molecule has 2 aromatic rings. The van der Waals surface area contributed by atoms with E-state index in [-0.39, 0.29) is 11.8 Å². The number of thiophene rings is 1. The summed E-state index contributed by atoms with van der Waals surface area (Å²) in [4.78, 5) is 26.6. The van der Waals surface area contributed by atoms with Gasteiger partial charge in [-0.1, -0.05) is 12.1 Å². The van der Waals surface area contributed by atoms with E-state index in [4.69, 9.17) is 4.74 Å². The molecule has 1 heterocycles. The topological polar surface area (TPSA) is 58.6 Å². The minimum Gasteiger partial charge on any atom is -0.495 e. The molecule has 0 aliphatic heterocycles. The van der Waals surface area contributed by atoms with Crippen molar-refractivity contribution in [2.45, 2.75) is 20.3 Å². The maximum atomic E-state index is 12.0. The lowest BCUT2D eigenvalue weighted by Crippen LogP contribution is -2.38. The van der Waals surface area contributed by atoms with E-state index >= 15 is 0 Å². The molecule has 1 aromatic heterocycles. The number of hydrogen-bond acceptors (Lipinski definition) is 4. The zero-order valence-corrected chi connectivity index (χ0v) is 15.0. The number of rotatable bonds is 7. The van der Waals surface area contributed by atoms with Gasteiger partial charge in [-0.15, -0.1) is 11.3 Å². The van der Waals surface area contributed by atoms with E-state index in [0.29, 0.717) is 25.3 Å². The fraction of sp³-hybridized carbons (Fsp3) is 0.333. The molecule has 0 bridgehead atoms. The van der Waals surface area contributed by atoms with Crippen molar-refractivity contribution in [3.8, 4) is 5.75 Å². The van der Waals surface area contributed by atoms with Gasteiger partial charge in [0.25, 0.3) is 0 Å². The van der Waals surface area contributed by atoms with Crippen LogP contribution in [-0.2, 0) is 16.0 Å². The summed E-state index contributed by atoms with van der Waals surface area (Å²) < 4.78 is 5.35. The van der Waals surface area contributed by atoms with Crippen LogP contribution in [0.3, 0.4) is 0 Å². The molecule has 5 nitrogen and oxygen atoms in total. The lowest BCUT2D eigenvalue weighted by atomic mass is 10.2. The van der Waals surface area contributed by atoms with Gasteiger partial charge < -0.3 is 15.0 Å². The van der Waals surface area contributed by atoms with E-state index in [1.54, 1.807) is 23.3 Å². The van der Waals surface area contributed by atoms with Gasteiger partial charge in [0.05, 0.1) is 19.2 Å². The Kier molecular flexibility index (Phi) is 6.37. The van der Waals surface area contributed by atoms with Crippen LogP contribution in [0.4, 0.5) is 5.69 Å². The van der Waals surface area contributed by atoms with Crippen molar-refractivity contribution >= 4 is 28.8 Å². The van der Waals surface area contributed by atoms with Crippen molar-refractivity contribution in [3.63, 3.8) is 0 Å². The molecule has 0 saturated carbocycles. The molecule has 0 fully saturated rings. The average molecular weight is 346 g/mol. The number of carbonyl (C=O) groups excluding carboxylic acids is 2. The summed E-state index contributed by atoms with van der Waals surface area (Å²) in [6, 6.07) is 9.55. The van der Waals surface area contributed by atoms with Crippen molar-refractivity contribution in [3.05, 3.63) is 46.2 Å². The number of nitrogens with zero attached hydrogens (tertiary/aromatic N) is 1. The number of aryl methyl sites for hydroxylation is 1. The highest BCUT2D eigenvalue weighted by Gasteiger charge is 2.16. The van der Waals surface area contributed by atoms with E-state index in [0.717, 1.165) is 16.1 Å². The maximum absolute atomic E-state index is 12.0.